The van der Waals surface area contributed by atoms with Crippen LogP contribution in [-0.2, 0) is 11.3 Å². The van der Waals surface area contributed by atoms with Crippen molar-refractivity contribution in [3.8, 4) is 11.3 Å². The van der Waals surface area contributed by atoms with Gasteiger partial charge in [0, 0.05) is 26.3 Å². The fraction of sp³-hybridized carbons (Fsp3) is 0.600. The van der Waals surface area contributed by atoms with Gasteiger partial charge in [-0.1, -0.05) is 24.4 Å². The minimum absolute atomic E-state index is 0.0801. The van der Waals surface area contributed by atoms with Gasteiger partial charge in [0.25, 0.3) is 5.56 Å². The summed E-state index contributed by atoms with van der Waals surface area (Å²) in [5.74, 6) is 2.15. The first-order chi connectivity index (χ1) is 16.1. The molecule has 1 N–H and O–H groups in total. The zero-order chi connectivity index (χ0) is 22.8. The lowest BCUT2D eigenvalue weighted by Gasteiger charge is -2.24. The number of ether oxygens (including phenoxy) is 1. The van der Waals surface area contributed by atoms with E-state index in [-0.39, 0.29) is 5.56 Å². The van der Waals surface area contributed by atoms with Crippen molar-refractivity contribution in [2.24, 2.45) is 11.8 Å². The Kier molecular flexibility index (Phi) is 6.44. The topological polar surface area (TPSA) is 95.1 Å². The van der Waals surface area contributed by atoms with Gasteiger partial charge in [0.15, 0.2) is 11.5 Å². The van der Waals surface area contributed by atoms with E-state index >= 15 is 0 Å². The van der Waals surface area contributed by atoms with Crippen LogP contribution >= 0.6 is 0 Å². The van der Waals surface area contributed by atoms with E-state index in [9.17, 15) is 4.79 Å². The first-order valence-electron chi connectivity index (χ1n) is 12.3. The number of rotatable bonds is 6. The predicted molar refractivity (Wildman–Crippen MR) is 127 cm³/mol. The second-order valence-corrected chi connectivity index (χ2v) is 9.56. The maximum atomic E-state index is 13.6. The molecule has 0 amide bonds. The number of aromatic nitrogens is 4. The van der Waals surface area contributed by atoms with E-state index in [1.54, 1.807) is 0 Å². The summed E-state index contributed by atoms with van der Waals surface area (Å²) in [6.45, 7) is 6.80. The minimum Gasteiger partial charge on any atom is -0.381 e. The van der Waals surface area contributed by atoms with Crippen LogP contribution in [0.2, 0.25) is 0 Å². The van der Waals surface area contributed by atoms with Crippen molar-refractivity contribution in [3.63, 3.8) is 0 Å². The smallest absolute Gasteiger partial charge is 0.294 e. The fourth-order valence-electron chi connectivity index (χ4n) is 5.21. The zero-order valence-electron chi connectivity index (χ0n) is 19.6. The summed E-state index contributed by atoms with van der Waals surface area (Å²) in [4.78, 5) is 23.2. The molecule has 1 aliphatic carbocycles. The Morgan fingerprint density at radius 3 is 2.55 bits per heavy atom. The molecule has 5 rings (SSSR count). The molecule has 3 aromatic rings. The van der Waals surface area contributed by atoms with Crippen molar-refractivity contribution < 1.29 is 9.26 Å². The minimum atomic E-state index is -0.0801. The molecule has 0 atom stereocenters. The summed E-state index contributed by atoms with van der Waals surface area (Å²) in [5.41, 5.74) is 3.73. The lowest BCUT2D eigenvalue weighted by molar-refractivity contribution is 0.0699. The standard InChI is InChI=1S/C25H33N5O3/c1-16-22(17(2)33-29-16)20-8-9-21-24(28-20)30(15-19-6-4-3-5-7-19)25(31)23(27-21)26-14-18-10-12-32-13-11-18/h8-9,18-19H,3-7,10-15H2,1-2H3,(H,26,27). The first-order valence-corrected chi connectivity index (χ1v) is 12.3. The van der Waals surface area contributed by atoms with Crippen molar-refractivity contribution >= 4 is 17.0 Å². The van der Waals surface area contributed by atoms with Crippen LogP contribution in [0, 0.1) is 25.7 Å². The Morgan fingerprint density at radius 1 is 1.03 bits per heavy atom. The number of nitrogens with one attached hydrogen (secondary N) is 1. The van der Waals surface area contributed by atoms with Gasteiger partial charge in [-0.25, -0.2) is 9.97 Å². The van der Waals surface area contributed by atoms with Crippen molar-refractivity contribution in [1.82, 2.24) is 19.7 Å². The third-order valence-electron chi connectivity index (χ3n) is 7.14. The highest BCUT2D eigenvalue weighted by Crippen LogP contribution is 2.29. The van der Waals surface area contributed by atoms with Crippen molar-refractivity contribution in [2.45, 2.75) is 65.3 Å². The third-order valence-corrected chi connectivity index (χ3v) is 7.14. The molecule has 1 saturated heterocycles. The van der Waals surface area contributed by atoms with Crippen LogP contribution in [0.15, 0.2) is 21.5 Å². The van der Waals surface area contributed by atoms with Crippen molar-refractivity contribution in [3.05, 3.63) is 33.9 Å². The van der Waals surface area contributed by atoms with Gasteiger partial charge < -0.3 is 14.6 Å². The highest BCUT2D eigenvalue weighted by Gasteiger charge is 2.21. The van der Waals surface area contributed by atoms with Crippen LogP contribution in [0.5, 0.6) is 0 Å². The second kappa shape index (κ2) is 9.63. The number of nitrogens with zero attached hydrogens (tertiary/aromatic N) is 4. The summed E-state index contributed by atoms with van der Waals surface area (Å²) in [6, 6.07) is 3.90. The highest BCUT2D eigenvalue weighted by molar-refractivity contribution is 5.77. The van der Waals surface area contributed by atoms with Gasteiger partial charge in [-0.2, -0.15) is 0 Å². The van der Waals surface area contributed by atoms with Gasteiger partial charge in [-0.3, -0.25) is 9.36 Å². The average molecular weight is 452 g/mol. The molecule has 2 fully saturated rings. The van der Waals surface area contributed by atoms with E-state index in [2.05, 4.69) is 10.5 Å². The second-order valence-electron chi connectivity index (χ2n) is 9.56. The number of fused-ring (bicyclic) bond motifs is 1. The van der Waals surface area contributed by atoms with Crippen LogP contribution in [-0.4, -0.2) is 39.5 Å². The summed E-state index contributed by atoms with van der Waals surface area (Å²) in [6.07, 6.45) is 8.09. The number of anilines is 1. The molecule has 4 heterocycles. The van der Waals surface area contributed by atoms with E-state index in [1.165, 1.54) is 19.3 Å². The van der Waals surface area contributed by atoms with Crippen LogP contribution in [0.4, 0.5) is 5.82 Å². The van der Waals surface area contributed by atoms with Gasteiger partial charge in [-0.15, -0.1) is 0 Å². The summed E-state index contributed by atoms with van der Waals surface area (Å²) >= 11 is 0. The summed E-state index contributed by atoms with van der Waals surface area (Å²) in [7, 11) is 0. The molecule has 2 aliphatic rings. The number of hydrogen-bond donors (Lipinski definition) is 1. The van der Waals surface area contributed by atoms with Gasteiger partial charge >= 0.3 is 0 Å². The molecule has 8 nitrogen and oxygen atoms in total. The van der Waals surface area contributed by atoms with Gasteiger partial charge in [0.05, 0.1) is 17.0 Å². The number of hydrogen-bond acceptors (Lipinski definition) is 7. The van der Waals surface area contributed by atoms with Crippen LogP contribution < -0.4 is 10.9 Å². The van der Waals surface area contributed by atoms with Crippen molar-refractivity contribution in [2.75, 3.05) is 25.1 Å². The van der Waals surface area contributed by atoms with Gasteiger partial charge in [0.2, 0.25) is 0 Å². The molecule has 176 valence electrons. The number of aryl methyl sites for hydroxylation is 2. The lowest BCUT2D eigenvalue weighted by atomic mass is 9.89. The summed E-state index contributed by atoms with van der Waals surface area (Å²) < 4.78 is 12.7. The van der Waals surface area contributed by atoms with Crippen LogP contribution in [0.25, 0.3) is 22.4 Å². The van der Waals surface area contributed by atoms with E-state index in [1.807, 2.05) is 30.5 Å². The zero-order valence-corrected chi connectivity index (χ0v) is 19.6. The maximum Gasteiger partial charge on any atom is 0.294 e. The van der Waals surface area contributed by atoms with Crippen LogP contribution in [0.3, 0.4) is 0 Å². The molecule has 3 aromatic heterocycles. The molecular weight excluding hydrogens is 418 g/mol. The predicted octanol–water partition coefficient (Wildman–Crippen LogP) is 4.48. The molecule has 1 aliphatic heterocycles. The molecule has 0 unspecified atom stereocenters. The quantitative estimate of drug-likeness (QED) is 0.590. The molecule has 0 aromatic carbocycles. The van der Waals surface area contributed by atoms with E-state index < -0.39 is 0 Å². The molecule has 33 heavy (non-hydrogen) atoms. The molecular formula is C25H33N5O3. The summed E-state index contributed by atoms with van der Waals surface area (Å²) in [5, 5.41) is 7.43. The largest absolute Gasteiger partial charge is 0.381 e. The Hall–Kier alpha value is -2.74. The Bertz CT molecular complexity index is 1150. The first kappa shape index (κ1) is 22.1. The number of pyridine rings is 1. The van der Waals surface area contributed by atoms with E-state index in [4.69, 9.17) is 19.2 Å². The Morgan fingerprint density at radius 2 is 1.82 bits per heavy atom. The highest BCUT2D eigenvalue weighted by atomic mass is 16.5. The average Bonchev–Trinajstić information content (AvgIpc) is 3.18. The molecule has 0 spiro atoms. The fourth-order valence-corrected chi connectivity index (χ4v) is 5.21. The van der Waals surface area contributed by atoms with E-state index in [0.717, 1.165) is 73.7 Å². The molecule has 0 radical (unpaired) electrons. The van der Waals surface area contributed by atoms with E-state index in [0.29, 0.717) is 29.8 Å². The Balaban J connectivity index is 1.54. The molecule has 1 saturated carbocycles. The van der Waals surface area contributed by atoms with Crippen molar-refractivity contribution in [1.29, 1.82) is 0 Å². The van der Waals surface area contributed by atoms with Crippen LogP contribution in [0.1, 0.15) is 56.4 Å². The molecule has 0 bridgehead atoms. The van der Waals surface area contributed by atoms with Gasteiger partial charge in [0.1, 0.15) is 11.3 Å². The lowest BCUT2D eigenvalue weighted by Crippen LogP contribution is -2.31. The Labute approximate surface area is 193 Å². The SMILES string of the molecule is Cc1noc(C)c1-c1ccc2nc(NCC3CCOCC3)c(=O)n(CC3CCCCC3)c2n1. The van der Waals surface area contributed by atoms with Gasteiger partial charge in [-0.05, 0) is 63.5 Å². The third kappa shape index (κ3) is 4.67. The maximum absolute atomic E-state index is 13.6. The molecule has 8 heteroatoms. The normalized spacial score (nSPS) is 18.1. The monoisotopic (exact) mass is 451 g/mol.